The third kappa shape index (κ3) is 5.36. The molecule has 1 saturated heterocycles. The summed E-state index contributed by atoms with van der Waals surface area (Å²) in [4.78, 5) is 26.2. The summed E-state index contributed by atoms with van der Waals surface area (Å²) in [5.74, 6) is -1.53. The van der Waals surface area contributed by atoms with Crippen molar-refractivity contribution in [3.8, 4) is 11.5 Å². The van der Waals surface area contributed by atoms with E-state index < -0.39 is 27.1 Å². The van der Waals surface area contributed by atoms with Crippen molar-refractivity contribution in [1.29, 1.82) is 0 Å². The van der Waals surface area contributed by atoms with Gasteiger partial charge < -0.3 is 8.92 Å². The lowest BCUT2D eigenvalue weighted by Crippen LogP contribution is -2.28. The zero-order valence-electron chi connectivity index (χ0n) is 18.4. The minimum Gasteiger partial charge on any atom is -0.493 e. The van der Waals surface area contributed by atoms with Gasteiger partial charge in [-0.25, -0.2) is 4.39 Å². The molecule has 3 aromatic carbocycles. The molecule has 0 N–H and O–H groups in total. The van der Waals surface area contributed by atoms with Gasteiger partial charge in [0.1, 0.15) is 10.7 Å². The molecule has 0 saturated carbocycles. The number of hydrogen-bond donors (Lipinski definition) is 0. The van der Waals surface area contributed by atoms with Crippen LogP contribution in [0.1, 0.15) is 11.1 Å². The van der Waals surface area contributed by atoms with E-state index in [0.717, 1.165) is 4.90 Å². The second-order valence-corrected chi connectivity index (χ2v) is 10.7. The number of hydrogen-bond acceptors (Lipinski definition) is 7. The van der Waals surface area contributed by atoms with E-state index in [-0.39, 0.29) is 43.5 Å². The molecule has 0 radical (unpaired) electrons. The summed E-state index contributed by atoms with van der Waals surface area (Å²) in [5, 5.41) is -0.606. The fourth-order valence-corrected chi connectivity index (χ4v) is 5.62. The molecular formula is C24H16Cl2FNO6S2. The Morgan fingerprint density at radius 2 is 1.75 bits per heavy atom. The number of amides is 2. The number of nitrogens with zero attached hydrogens (tertiary/aromatic N) is 1. The molecule has 1 fully saturated rings. The normalized spacial score (nSPS) is 15.0. The van der Waals surface area contributed by atoms with Gasteiger partial charge in [-0.05, 0) is 59.8 Å². The SMILES string of the molecule is COc1cc(/C=C2\SC(=O)N(Cc3c(F)cccc3Cl)C2=O)cc(Cl)c1OS(=O)(=O)c1ccccc1. The van der Waals surface area contributed by atoms with Crippen molar-refractivity contribution in [2.24, 2.45) is 0 Å². The molecule has 7 nitrogen and oxygen atoms in total. The number of halogens is 3. The molecule has 4 rings (SSSR count). The van der Waals surface area contributed by atoms with E-state index in [4.69, 9.17) is 32.1 Å². The van der Waals surface area contributed by atoms with Crippen molar-refractivity contribution in [2.75, 3.05) is 7.11 Å². The van der Waals surface area contributed by atoms with Gasteiger partial charge in [-0.15, -0.1) is 0 Å². The second kappa shape index (κ2) is 10.5. The predicted octanol–water partition coefficient (Wildman–Crippen LogP) is 6.15. The number of rotatable bonds is 7. The van der Waals surface area contributed by atoms with E-state index >= 15 is 0 Å². The molecule has 0 aromatic heterocycles. The van der Waals surface area contributed by atoms with E-state index in [9.17, 15) is 22.4 Å². The van der Waals surface area contributed by atoms with Crippen molar-refractivity contribution in [3.05, 3.63) is 92.6 Å². The molecule has 186 valence electrons. The van der Waals surface area contributed by atoms with E-state index in [2.05, 4.69) is 0 Å². The maximum Gasteiger partial charge on any atom is 0.339 e. The lowest BCUT2D eigenvalue weighted by atomic mass is 10.1. The van der Waals surface area contributed by atoms with Crippen molar-refractivity contribution >= 4 is 62.3 Å². The Kier molecular flexibility index (Phi) is 7.60. The number of carbonyl (C=O) groups excluding carboxylic acids is 2. The van der Waals surface area contributed by atoms with E-state index in [1.54, 1.807) is 18.2 Å². The van der Waals surface area contributed by atoms with Crippen LogP contribution in [0.5, 0.6) is 11.5 Å². The lowest BCUT2D eigenvalue weighted by molar-refractivity contribution is -0.123. The molecule has 0 atom stereocenters. The van der Waals surface area contributed by atoms with Crippen LogP contribution in [0.15, 0.2) is 70.5 Å². The number of methoxy groups -OCH3 is 1. The summed E-state index contributed by atoms with van der Waals surface area (Å²) >= 11 is 13.0. The number of imide groups is 1. The maximum absolute atomic E-state index is 14.2. The van der Waals surface area contributed by atoms with Crippen LogP contribution in [0.3, 0.4) is 0 Å². The predicted molar refractivity (Wildman–Crippen MR) is 135 cm³/mol. The summed E-state index contributed by atoms with van der Waals surface area (Å²) in [6.07, 6.45) is 1.39. The van der Waals surface area contributed by atoms with Gasteiger partial charge in [-0.2, -0.15) is 8.42 Å². The van der Waals surface area contributed by atoms with Crippen molar-refractivity contribution < 1.29 is 31.3 Å². The summed E-state index contributed by atoms with van der Waals surface area (Å²) in [7, 11) is -2.90. The molecule has 2 amide bonds. The number of benzene rings is 3. The highest BCUT2D eigenvalue weighted by molar-refractivity contribution is 8.18. The van der Waals surface area contributed by atoms with Crippen LogP contribution in [-0.2, 0) is 21.5 Å². The number of thioether (sulfide) groups is 1. The fourth-order valence-electron chi connectivity index (χ4n) is 3.28. The Labute approximate surface area is 220 Å². The number of carbonyl (C=O) groups is 2. The van der Waals surface area contributed by atoms with Gasteiger partial charge in [0.2, 0.25) is 5.75 Å². The van der Waals surface area contributed by atoms with Gasteiger partial charge in [0.15, 0.2) is 5.75 Å². The van der Waals surface area contributed by atoms with Crippen molar-refractivity contribution in [3.63, 3.8) is 0 Å². The van der Waals surface area contributed by atoms with Crippen LogP contribution >= 0.6 is 35.0 Å². The van der Waals surface area contributed by atoms with Crippen LogP contribution in [0, 0.1) is 5.82 Å². The molecule has 36 heavy (non-hydrogen) atoms. The largest absolute Gasteiger partial charge is 0.493 e. The molecule has 0 aliphatic carbocycles. The molecular weight excluding hydrogens is 552 g/mol. The topological polar surface area (TPSA) is 90.0 Å². The molecule has 0 unspecified atom stereocenters. The first-order chi connectivity index (χ1) is 17.1. The quantitative estimate of drug-likeness (QED) is 0.250. The first kappa shape index (κ1) is 26.0. The van der Waals surface area contributed by atoms with Crippen LogP contribution in [0.25, 0.3) is 6.08 Å². The zero-order chi connectivity index (χ0) is 26.0. The minimum atomic E-state index is -4.19. The van der Waals surface area contributed by atoms with E-state index in [1.165, 1.54) is 55.7 Å². The third-order valence-corrected chi connectivity index (χ3v) is 7.80. The summed E-state index contributed by atoms with van der Waals surface area (Å²) in [6.45, 7) is -0.332. The Morgan fingerprint density at radius 3 is 2.42 bits per heavy atom. The monoisotopic (exact) mass is 567 g/mol. The summed E-state index contributed by atoms with van der Waals surface area (Å²) in [5.41, 5.74) is 0.365. The smallest absolute Gasteiger partial charge is 0.339 e. The highest BCUT2D eigenvalue weighted by atomic mass is 35.5. The summed E-state index contributed by atoms with van der Waals surface area (Å²) in [6, 6.07) is 14.3. The van der Waals surface area contributed by atoms with Crippen LogP contribution in [0.2, 0.25) is 10.0 Å². The number of ether oxygens (including phenoxy) is 1. The molecule has 1 aliphatic heterocycles. The first-order valence-electron chi connectivity index (χ1n) is 10.2. The van der Waals surface area contributed by atoms with Gasteiger partial charge in [0.25, 0.3) is 11.1 Å². The minimum absolute atomic E-state index is 0.00868. The van der Waals surface area contributed by atoms with Crippen LogP contribution in [-0.4, -0.2) is 31.6 Å². The molecule has 0 bridgehead atoms. The Hall–Kier alpha value is -3.05. The molecule has 12 heteroatoms. The maximum atomic E-state index is 14.2. The molecule has 1 heterocycles. The second-order valence-electron chi connectivity index (χ2n) is 7.35. The average Bonchev–Trinajstić information content (AvgIpc) is 3.10. The standard InChI is InChI=1S/C24H16Cl2FNO6S2/c1-33-20-11-14(10-18(26)22(20)34-36(31,32)15-6-3-2-4-7-15)12-21-23(29)28(24(30)35-21)13-16-17(25)8-5-9-19(16)27/h2-12H,13H2,1H3/b21-12-. The lowest BCUT2D eigenvalue weighted by Gasteiger charge is -2.14. The Balaban J connectivity index is 1.62. The molecule has 0 spiro atoms. The Bertz CT molecular complexity index is 1480. The van der Waals surface area contributed by atoms with Crippen LogP contribution < -0.4 is 8.92 Å². The third-order valence-electron chi connectivity index (χ3n) is 5.03. The summed E-state index contributed by atoms with van der Waals surface area (Å²) < 4.78 is 49.9. The van der Waals surface area contributed by atoms with E-state index in [1.807, 2.05) is 0 Å². The highest BCUT2D eigenvalue weighted by Crippen LogP contribution is 2.40. The zero-order valence-corrected chi connectivity index (χ0v) is 21.5. The molecule has 1 aliphatic rings. The van der Waals surface area contributed by atoms with Gasteiger partial charge in [0.05, 0.1) is 23.6 Å². The van der Waals surface area contributed by atoms with Crippen molar-refractivity contribution in [1.82, 2.24) is 4.90 Å². The van der Waals surface area contributed by atoms with Gasteiger partial charge in [0, 0.05) is 10.6 Å². The Morgan fingerprint density at radius 1 is 1.03 bits per heavy atom. The first-order valence-corrected chi connectivity index (χ1v) is 13.1. The van der Waals surface area contributed by atoms with Gasteiger partial charge >= 0.3 is 10.1 Å². The fraction of sp³-hybridized carbons (Fsp3) is 0.0833. The van der Waals surface area contributed by atoms with Gasteiger partial charge in [-0.3, -0.25) is 14.5 Å². The van der Waals surface area contributed by atoms with Crippen molar-refractivity contribution in [2.45, 2.75) is 11.4 Å². The molecule has 3 aromatic rings. The highest BCUT2D eigenvalue weighted by Gasteiger charge is 2.36. The van der Waals surface area contributed by atoms with Crippen LogP contribution in [0.4, 0.5) is 9.18 Å². The average molecular weight is 568 g/mol. The van der Waals surface area contributed by atoms with Gasteiger partial charge in [-0.1, -0.05) is 47.5 Å². The van der Waals surface area contributed by atoms with E-state index in [0.29, 0.717) is 17.3 Å².